The van der Waals surface area contributed by atoms with Crippen molar-refractivity contribution in [1.29, 1.82) is 0 Å². The maximum absolute atomic E-state index is 5.91. The molecule has 3 atom stereocenters. The van der Waals surface area contributed by atoms with Crippen LogP contribution >= 0.6 is 0 Å². The second-order valence-electron chi connectivity index (χ2n) is 4.55. The first-order valence-electron chi connectivity index (χ1n) is 5.29. The Kier molecular flexibility index (Phi) is 2.29. The maximum atomic E-state index is 5.91. The van der Waals surface area contributed by atoms with Crippen LogP contribution in [0, 0.1) is 11.8 Å². The fraction of sp³-hybridized carbons (Fsp3) is 0.667. The predicted octanol–water partition coefficient (Wildman–Crippen LogP) is 2.64. The Hall–Kier alpha value is -0.560. The molecule has 2 aliphatic rings. The highest BCUT2D eigenvalue weighted by Gasteiger charge is 2.34. The Labute approximate surface area is 80.7 Å². The molecule has 0 spiro atoms. The molecule has 0 aromatic rings. The molecule has 0 aromatic carbocycles. The van der Waals surface area contributed by atoms with Gasteiger partial charge in [-0.1, -0.05) is 17.2 Å². The van der Waals surface area contributed by atoms with E-state index in [0.717, 1.165) is 18.3 Å². The Morgan fingerprint density at radius 2 is 2.38 bits per heavy atom. The summed E-state index contributed by atoms with van der Waals surface area (Å²) in [5.74, 6) is 1.74. The highest BCUT2D eigenvalue weighted by atomic mass is 14.7. The second kappa shape index (κ2) is 3.30. The van der Waals surface area contributed by atoms with Crippen molar-refractivity contribution in [2.75, 3.05) is 0 Å². The van der Waals surface area contributed by atoms with Crippen LogP contribution in [0.15, 0.2) is 23.8 Å². The van der Waals surface area contributed by atoms with Gasteiger partial charge in [0.1, 0.15) is 0 Å². The van der Waals surface area contributed by atoms with Crippen LogP contribution in [0.1, 0.15) is 32.6 Å². The third-order valence-electron chi connectivity index (χ3n) is 3.59. The van der Waals surface area contributed by atoms with Gasteiger partial charge in [-0.15, -0.1) is 6.58 Å². The van der Waals surface area contributed by atoms with Crippen LogP contribution in [-0.2, 0) is 0 Å². The van der Waals surface area contributed by atoms with E-state index in [1.807, 2.05) is 0 Å². The lowest BCUT2D eigenvalue weighted by Gasteiger charge is -2.29. The molecular formula is C12H19N. The lowest BCUT2D eigenvalue weighted by molar-refractivity contribution is 0.581. The molecule has 1 fully saturated rings. The molecule has 0 heterocycles. The lowest BCUT2D eigenvalue weighted by Crippen LogP contribution is -2.31. The molecule has 72 valence electrons. The van der Waals surface area contributed by atoms with E-state index in [-0.39, 0.29) is 0 Å². The number of hydrogen-bond donors (Lipinski definition) is 1. The number of allylic oxidation sites excluding steroid dienone is 1. The van der Waals surface area contributed by atoms with E-state index in [0.29, 0.717) is 6.04 Å². The highest BCUT2D eigenvalue weighted by molar-refractivity contribution is 5.30. The van der Waals surface area contributed by atoms with Gasteiger partial charge < -0.3 is 5.73 Å². The molecular weight excluding hydrogens is 158 g/mol. The van der Waals surface area contributed by atoms with Gasteiger partial charge in [-0.2, -0.15) is 0 Å². The van der Waals surface area contributed by atoms with Gasteiger partial charge in [0, 0.05) is 6.04 Å². The Balaban J connectivity index is 1.75. The van der Waals surface area contributed by atoms with Crippen LogP contribution in [0.5, 0.6) is 0 Å². The van der Waals surface area contributed by atoms with Gasteiger partial charge in [-0.05, 0) is 44.4 Å². The molecule has 1 nitrogen and oxygen atoms in total. The largest absolute Gasteiger partial charge is 0.324 e. The fourth-order valence-corrected chi connectivity index (χ4v) is 2.40. The van der Waals surface area contributed by atoms with Crippen molar-refractivity contribution in [2.45, 2.75) is 38.6 Å². The topological polar surface area (TPSA) is 26.0 Å². The van der Waals surface area contributed by atoms with E-state index in [1.165, 1.54) is 24.8 Å². The van der Waals surface area contributed by atoms with Crippen LogP contribution in [0.3, 0.4) is 0 Å². The van der Waals surface area contributed by atoms with Crippen molar-refractivity contribution in [3.8, 4) is 0 Å². The average molecular weight is 177 g/mol. The summed E-state index contributed by atoms with van der Waals surface area (Å²) in [5.41, 5.74) is 8.99. The van der Waals surface area contributed by atoms with Crippen molar-refractivity contribution in [1.82, 2.24) is 0 Å². The van der Waals surface area contributed by atoms with Crippen molar-refractivity contribution in [3.05, 3.63) is 23.8 Å². The van der Waals surface area contributed by atoms with Crippen LogP contribution < -0.4 is 5.73 Å². The molecule has 0 bridgehead atoms. The lowest BCUT2D eigenvalue weighted by atomic mass is 9.81. The Morgan fingerprint density at radius 1 is 1.62 bits per heavy atom. The first-order chi connectivity index (χ1) is 6.22. The van der Waals surface area contributed by atoms with E-state index in [2.05, 4.69) is 19.6 Å². The van der Waals surface area contributed by atoms with Gasteiger partial charge in [-0.3, -0.25) is 0 Å². The molecule has 2 aliphatic carbocycles. The summed E-state index contributed by atoms with van der Waals surface area (Å²) in [6, 6.07) is 0.390. The van der Waals surface area contributed by atoms with Crippen molar-refractivity contribution < 1.29 is 0 Å². The highest BCUT2D eigenvalue weighted by Crippen LogP contribution is 2.44. The normalized spacial score (nSPS) is 37.2. The van der Waals surface area contributed by atoms with Gasteiger partial charge in [0.15, 0.2) is 0 Å². The summed E-state index contributed by atoms with van der Waals surface area (Å²) in [6.45, 7) is 6.05. The quantitative estimate of drug-likeness (QED) is 0.656. The number of nitrogens with two attached hydrogens (primary N) is 1. The molecule has 0 saturated heterocycles. The number of hydrogen-bond acceptors (Lipinski definition) is 1. The molecule has 13 heavy (non-hydrogen) atoms. The molecule has 0 radical (unpaired) electrons. The van der Waals surface area contributed by atoms with Gasteiger partial charge in [0.05, 0.1) is 0 Å². The summed E-state index contributed by atoms with van der Waals surface area (Å²) in [6.07, 6.45) is 7.17. The number of rotatable bonds is 4. The molecule has 0 amide bonds. The van der Waals surface area contributed by atoms with Crippen LogP contribution in [0.2, 0.25) is 0 Å². The summed E-state index contributed by atoms with van der Waals surface area (Å²) in [7, 11) is 0. The van der Waals surface area contributed by atoms with E-state index < -0.39 is 0 Å². The zero-order valence-electron chi connectivity index (χ0n) is 8.42. The monoisotopic (exact) mass is 177 g/mol. The molecule has 1 saturated carbocycles. The third kappa shape index (κ3) is 1.71. The zero-order chi connectivity index (χ0) is 9.42. The minimum Gasteiger partial charge on any atom is -0.324 e. The predicted molar refractivity (Wildman–Crippen MR) is 56.3 cm³/mol. The van der Waals surface area contributed by atoms with E-state index in [4.69, 9.17) is 5.73 Å². The average Bonchev–Trinajstić information content (AvgIpc) is 2.83. The minimum atomic E-state index is 0.390. The summed E-state index contributed by atoms with van der Waals surface area (Å²) < 4.78 is 0. The molecule has 0 aliphatic heterocycles. The second-order valence-corrected chi connectivity index (χ2v) is 4.55. The van der Waals surface area contributed by atoms with Crippen LogP contribution in [0.25, 0.3) is 0 Å². The molecule has 2 rings (SSSR count). The van der Waals surface area contributed by atoms with Crippen molar-refractivity contribution >= 4 is 0 Å². The van der Waals surface area contributed by atoms with Crippen LogP contribution in [0.4, 0.5) is 0 Å². The molecule has 0 aromatic heterocycles. The third-order valence-corrected chi connectivity index (χ3v) is 3.59. The molecule has 1 heteroatoms. The Morgan fingerprint density at radius 3 is 2.85 bits per heavy atom. The van der Waals surface area contributed by atoms with E-state index in [1.54, 1.807) is 5.57 Å². The van der Waals surface area contributed by atoms with E-state index >= 15 is 0 Å². The van der Waals surface area contributed by atoms with Gasteiger partial charge in [-0.25, -0.2) is 0 Å². The summed E-state index contributed by atoms with van der Waals surface area (Å²) in [4.78, 5) is 0. The van der Waals surface area contributed by atoms with Crippen molar-refractivity contribution in [2.24, 2.45) is 17.6 Å². The molecule has 3 unspecified atom stereocenters. The maximum Gasteiger partial charge on any atom is 0.0293 e. The van der Waals surface area contributed by atoms with E-state index in [9.17, 15) is 0 Å². The minimum absolute atomic E-state index is 0.390. The van der Waals surface area contributed by atoms with Gasteiger partial charge in [0.25, 0.3) is 0 Å². The van der Waals surface area contributed by atoms with Gasteiger partial charge >= 0.3 is 0 Å². The summed E-state index contributed by atoms with van der Waals surface area (Å²) in [5, 5.41) is 0. The Bertz CT molecular complexity index is 252. The zero-order valence-corrected chi connectivity index (χ0v) is 8.42. The summed E-state index contributed by atoms with van der Waals surface area (Å²) >= 11 is 0. The van der Waals surface area contributed by atoms with Gasteiger partial charge in [0.2, 0.25) is 0 Å². The van der Waals surface area contributed by atoms with Crippen molar-refractivity contribution in [3.63, 3.8) is 0 Å². The molecule has 2 N–H and O–H groups in total. The standard InChI is InChI=1S/C12H19N/c1-3-9-7-10(9)4-5-11-8(2)6-12(11)13/h3,9-10,12H,1,4-7,13H2,2H3. The first-order valence-corrected chi connectivity index (χ1v) is 5.29. The SMILES string of the molecule is C=CC1CC1CCC1=C(C)CC1N. The van der Waals surface area contributed by atoms with Crippen LogP contribution in [-0.4, -0.2) is 6.04 Å². The first kappa shape index (κ1) is 9.01. The fourth-order valence-electron chi connectivity index (χ4n) is 2.40. The smallest absolute Gasteiger partial charge is 0.0293 e.